The second-order valence-corrected chi connectivity index (χ2v) is 6.63. The van der Waals surface area contributed by atoms with Crippen LogP contribution in [0.5, 0.6) is 0 Å². The summed E-state index contributed by atoms with van der Waals surface area (Å²) in [5.41, 5.74) is 2.88. The van der Waals surface area contributed by atoms with Crippen LogP contribution in [0.25, 0.3) is 0 Å². The summed E-state index contributed by atoms with van der Waals surface area (Å²) >= 11 is 1.88. The monoisotopic (exact) mass is 301 g/mol. The van der Waals surface area contributed by atoms with E-state index >= 15 is 0 Å². The van der Waals surface area contributed by atoms with Crippen LogP contribution in [-0.4, -0.2) is 12.6 Å². The number of likely N-dealkylation sites (N-methyl/N-ethyl adjacent to an activating group) is 1. The number of nitrogens with one attached hydrogen (secondary N) is 1. The SMILES string of the molecule is CCNC(CCCc1cccs1)Cc1ccc(CC)cc1. The summed E-state index contributed by atoms with van der Waals surface area (Å²) in [6.07, 6.45) is 6.00. The highest BCUT2D eigenvalue weighted by Crippen LogP contribution is 2.15. The summed E-state index contributed by atoms with van der Waals surface area (Å²) < 4.78 is 0. The van der Waals surface area contributed by atoms with E-state index in [0.717, 1.165) is 19.4 Å². The third kappa shape index (κ3) is 5.64. The van der Waals surface area contributed by atoms with Gasteiger partial charge in [-0.1, -0.05) is 44.2 Å². The van der Waals surface area contributed by atoms with Crippen LogP contribution in [0.15, 0.2) is 41.8 Å². The molecule has 1 atom stereocenters. The minimum Gasteiger partial charge on any atom is -0.314 e. The first-order valence-electron chi connectivity index (χ1n) is 8.15. The zero-order valence-electron chi connectivity index (χ0n) is 13.3. The van der Waals surface area contributed by atoms with Crippen molar-refractivity contribution < 1.29 is 0 Å². The van der Waals surface area contributed by atoms with Gasteiger partial charge in [-0.2, -0.15) is 0 Å². The van der Waals surface area contributed by atoms with Crippen LogP contribution in [0.3, 0.4) is 0 Å². The van der Waals surface area contributed by atoms with Crippen LogP contribution in [0, 0.1) is 0 Å². The number of hydrogen-bond donors (Lipinski definition) is 1. The standard InChI is InChI=1S/C19H27NS/c1-3-16-10-12-17(13-11-16)15-18(20-4-2)7-5-8-19-9-6-14-21-19/h6,9-14,18,20H,3-5,7-8,15H2,1-2H3. The van der Waals surface area contributed by atoms with Crippen molar-refractivity contribution in [1.82, 2.24) is 5.32 Å². The molecule has 1 heterocycles. The van der Waals surface area contributed by atoms with Crippen LogP contribution < -0.4 is 5.32 Å². The molecule has 1 N–H and O–H groups in total. The fourth-order valence-corrected chi connectivity index (χ4v) is 3.49. The lowest BCUT2D eigenvalue weighted by atomic mass is 9.99. The van der Waals surface area contributed by atoms with Crippen molar-refractivity contribution in [3.8, 4) is 0 Å². The van der Waals surface area contributed by atoms with Gasteiger partial charge in [0.15, 0.2) is 0 Å². The van der Waals surface area contributed by atoms with E-state index in [1.807, 2.05) is 11.3 Å². The molecule has 21 heavy (non-hydrogen) atoms. The lowest BCUT2D eigenvalue weighted by Crippen LogP contribution is -2.31. The molecule has 2 heteroatoms. The molecule has 0 radical (unpaired) electrons. The maximum absolute atomic E-state index is 3.64. The molecule has 114 valence electrons. The normalized spacial score (nSPS) is 12.5. The Morgan fingerprint density at radius 2 is 1.81 bits per heavy atom. The van der Waals surface area contributed by atoms with Crippen molar-refractivity contribution in [2.24, 2.45) is 0 Å². The highest BCUT2D eigenvalue weighted by molar-refractivity contribution is 7.09. The third-order valence-electron chi connectivity index (χ3n) is 3.96. The maximum atomic E-state index is 3.64. The van der Waals surface area contributed by atoms with Crippen LogP contribution in [0.1, 0.15) is 42.7 Å². The quantitative estimate of drug-likeness (QED) is 0.698. The van der Waals surface area contributed by atoms with Crippen molar-refractivity contribution in [3.05, 3.63) is 57.8 Å². The summed E-state index contributed by atoms with van der Waals surface area (Å²) in [6.45, 7) is 5.46. The van der Waals surface area contributed by atoms with E-state index in [9.17, 15) is 0 Å². The van der Waals surface area contributed by atoms with Gasteiger partial charge in [0.1, 0.15) is 0 Å². The Balaban J connectivity index is 1.82. The topological polar surface area (TPSA) is 12.0 Å². The molecule has 1 nitrogen and oxygen atoms in total. The number of hydrogen-bond acceptors (Lipinski definition) is 2. The molecular formula is C19H27NS. The Labute approximate surface area is 133 Å². The zero-order chi connectivity index (χ0) is 14.9. The predicted molar refractivity (Wildman–Crippen MR) is 94.2 cm³/mol. The van der Waals surface area contributed by atoms with Crippen LogP contribution >= 0.6 is 11.3 Å². The molecule has 0 saturated carbocycles. The van der Waals surface area contributed by atoms with Gasteiger partial charge in [0.25, 0.3) is 0 Å². The molecule has 0 bridgehead atoms. The molecular weight excluding hydrogens is 274 g/mol. The molecule has 0 aliphatic heterocycles. The first-order valence-corrected chi connectivity index (χ1v) is 9.03. The van der Waals surface area contributed by atoms with E-state index in [4.69, 9.17) is 0 Å². The first-order chi connectivity index (χ1) is 10.3. The van der Waals surface area contributed by atoms with Gasteiger partial charge in [-0.15, -0.1) is 11.3 Å². The van der Waals surface area contributed by atoms with Gasteiger partial charge in [0.05, 0.1) is 0 Å². The fraction of sp³-hybridized carbons (Fsp3) is 0.474. The van der Waals surface area contributed by atoms with Crippen molar-refractivity contribution in [2.75, 3.05) is 6.54 Å². The van der Waals surface area contributed by atoms with Gasteiger partial charge < -0.3 is 5.32 Å². The highest BCUT2D eigenvalue weighted by atomic mass is 32.1. The molecule has 0 spiro atoms. The Hall–Kier alpha value is -1.12. The lowest BCUT2D eigenvalue weighted by molar-refractivity contribution is 0.477. The van der Waals surface area contributed by atoms with E-state index in [1.54, 1.807) is 0 Å². The van der Waals surface area contributed by atoms with Gasteiger partial charge in [0, 0.05) is 10.9 Å². The van der Waals surface area contributed by atoms with E-state index in [1.165, 1.54) is 35.3 Å². The van der Waals surface area contributed by atoms with Crippen molar-refractivity contribution in [3.63, 3.8) is 0 Å². The lowest BCUT2D eigenvalue weighted by Gasteiger charge is -2.18. The molecule has 1 aromatic carbocycles. The van der Waals surface area contributed by atoms with Gasteiger partial charge in [-0.05, 0) is 61.2 Å². The van der Waals surface area contributed by atoms with Crippen LogP contribution in [-0.2, 0) is 19.3 Å². The van der Waals surface area contributed by atoms with E-state index in [2.05, 4.69) is 60.9 Å². The molecule has 0 saturated heterocycles. The smallest absolute Gasteiger partial charge is 0.0107 e. The summed E-state index contributed by atoms with van der Waals surface area (Å²) in [5.74, 6) is 0. The Kier molecular flexibility index (Phi) is 6.98. The number of benzene rings is 1. The van der Waals surface area contributed by atoms with Crippen molar-refractivity contribution in [2.45, 2.75) is 52.0 Å². The minimum atomic E-state index is 0.599. The largest absolute Gasteiger partial charge is 0.314 e. The van der Waals surface area contributed by atoms with E-state index in [-0.39, 0.29) is 0 Å². The Morgan fingerprint density at radius 3 is 2.43 bits per heavy atom. The molecule has 2 aromatic rings. The molecule has 0 aliphatic carbocycles. The summed E-state index contributed by atoms with van der Waals surface area (Å²) in [6, 6.07) is 14.1. The van der Waals surface area contributed by atoms with Gasteiger partial charge in [0.2, 0.25) is 0 Å². The maximum Gasteiger partial charge on any atom is 0.0107 e. The second kappa shape index (κ2) is 9.01. The molecule has 2 rings (SSSR count). The zero-order valence-corrected chi connectivity index (χ0v) is 14.1. The fourth-order valence-electron chi connectivity index (χ4n) is 2.74. The average Bonchev–Trinajstić information content (AvgIpc) is 3.01. The molecule has 0 amide bonds. The van der Waals surface area contributed by atoms with Gasteiger partial charge in [-0.25, -0.2) is 0 Å². The molecule has 1 unspecified atom stereocenters. The molecule has 0 fully saturated rings. The first kappa shape index (κ1) is 16.3. The Bertz CT molecular complexity index is 487. The summed E-state index contributed by atoms with van der Waals surface area (Å²) in [7, 11) is 0. The van der Waals surface area contributed by atoms with E-state index in [0.29, 0.717) is 6.04 Å². The Morgan fingerprint density at radius 1 is 1.05 bits per heavy atom. The van der Waals surface area contributed by atoms with E-state index < -0.39 is 0 Å². The summed E-state index contributed by atoms with van der Waals surface area (Å²) in [4.78, 5) is 1.51. The number of aryl methyl sites for hydroxylation is 2. The van der Waals surface area contributed by atoms with Crippen LogP contribution in [0.2, 0.25) is 0 Å². The summed E-state index contributed by atoms with van der Waals surface area (Å²) in [5, 5.41) is 5.82. The van der Waals surface area contributed by atoms with Crippen molar-refractivity contribution >= 4 is 11.3 Å². The predicted octanol–water partition coefficient (Wildman–Crippen LogP) is 4.85. The average molecular weight is 301 g/mol. The van der Waals surface area contributed by atoms with Gasteiger partial charge in [-0.3, -0.25) is 0 Å². The second-order valence-electron chi connectivity index (χ2n) is 5.60. The third-order valence-corrected chi connectivity index (χ3v) is 4.90. The highest BCUT2D eigenvalue weighted by Gasteiger charge is 2.08. The number of rotatable bonds is 9. The van der Waals surface area contributed by atoms with Gasteiger partial charge >= 0.3 is 0 Å². The number of thiophene rings is 1. The molecule has 1 aromatic heterocycles. The minimum absolute atomic E-state index is 0.599. The molecule has 0 aliphatic rings. The van der Waals surface area contributed by atoms with Crippen molar-refractivity contribution in [1.29, 1.82) is 0 Å². The van der Waals surface area contributed by atoms with Crippen LogP contribution in [0.4, 0.5) is 0 Å².